The second-order valence-corrected chi connectivity index (χ2v) is 6.19. The minimum Gasteiger partial charge on any atom is -0.206 e. The third-order valence-electron chi connectivity index (χ3n) is 3.51. The molecule has 1 unspecified atom stereocenters. The number of hydrogen-bond acceptors (Lipinski definition) is 0. The molecule has 102 valence electrons. The molecule has 0 fully saturated rings. The number of halogens is 2. The van der Waals surface area contributed by atoms with Crippen molar-refractivity contribution in [1.82, 2.24) is 0 Å². The maximum Gasteiger partial charge on any atom is 0.129 e. The van der Waals surface area contributed by atoms with Crippen molar-refractivity contribution < 1.29 is 4.39 Å². The number of hydrogen-bond donors (Lipinski definition) is 0. The van der Waals surface area contributed by atoms with Gasteiger partial charge in [-0.2, -0.15) is 0 Å². The third kappa shape index (κ3) is 3.81. The van der Waals surface area contributed by atoms with E-state index >= 15 is 0 Å². The number of rotatable bonds is 6. The summed E-state index contributed by atoms with van der Waals surface area (Å²) in [5.41, 5.74) is 2.72. The number of aryl methyl sites for hydroxylation is 2. The summed E-state index contributed by atoms with van der Waals surface area (Å²) in [7, 11) is 0. The van der Waals surface area contributed by atoms with Crippen molar-refractivity contribution in [2.45, 2.75) is 58.2 Å². The lowest BCUT2D eigenvalue weighted by Gasteiger charge is -2.23. The zero-order chi connectivity index (χ0) is 13.7. The first-order valence-corrected chi connectivity index (χ1v) is 7.83. The SMILES string of the molecule is CCCC(CCC)C(Br)c1cc(C)c(F)c(C)c1. The summed E-state index contributed by atoms with van der Waals surface area (Å²) < 4.78 is 13.7. The minimum absolute atomic E-state index is 0.0685. The van der Waals surface area contributed by atoms with Gasteiger partial charge in [-0.05, 0) is 49.3 Å². The van der Waals surface area contributed by atoms with E-state index in [1.54, 1.807) is 0 Å². The summed E-state index contributed by atoms with van der Waals surface area (Å²) in [6.45, 7) is 8.15. The molecule has 0 saturated heterocycles. The predicted molar refractivity (Wildman–Crippen MR) is 80.8 cm³/mol. The molecule has 0 amide bonds. The lowest BCUT2D eigenvalue weighted by Crippen LogP contribution is -2.08. The first-order chi connectivity index (χ1) is 8.51. The van der Waals surface area contributed by atoms with E-state index in [9.17, 15) is 4.39 Å². The second-order valence-electron chi connectivity index (χ2n) is 5.21. The second kappa shape index (κ2) is 7.28. The molecule has 0 saturated carbocycles. The number of benzene rings is 1. The van der Waals surface area contributed by atoms with Gasteiger partial charge in [0, 0.05) is 4.83 Å². The van der Waals surface area contributed by atoms with Gasteiger partial charge in [0.15, 0.2) is 0 Å². The van der Waals surface area contributed by atoms with E-state index in [-0.39, 0.29) is 5.82 Å². The van der Waals surface area contributed by atoms with Gasteiger partial charge < -0.3 is 0 Å². The Bertz CT molecular complexity index is 358. The van der Waals surface area contributed by atoms with Crippen molar-refractivity contribution >= 4 is 15.9 Å². The van der Waals surface area contributed by atoms with Crippen molar-refractivity contribution in [3.05, 3.63) is 34.6 Å². The molecule has 0 heterocycles. The zero-order valence-corrected chi connectivity index (χ0v) is 13.5. The van der Waals surface area contributed by atoms with Crippen LogP contribution in [0.25, 0.3) is 0 Å². The molecule has 1 aromatic rings. The van der Waals surface area contributed by atoms with Gasteiger partial charge >= 0.3 is 0 Å². The lowest BCUT2D eigenvalue weighted by molar-refractivity contribution is 0.434. The molecule has 1 rings (SSSR count). The molecule has 0 aliphatic heterocycles. The fourth-order valence-electron chi connectivity index (χ4n) is 2.59. The minimum atomic E-state index is -0.0685. The highest BCUT2D eigenvalue weighted by Gasteiger charge is 2.20. The van der Waals surface area contributed by atoms with Crippen LogP contribution in [0.15, 0.2) is 12.1 Å². The summed E-state index contributed by atoms with van der Waals surface area (Å²) in [5, 5.41) is 0. The monoisotopic (exact) mass is 314 g/mol. The normalized spacial score (nSPS) is 13.1. The molecule has 0 bridgehead atoms. The standard InChI is InChI=1S/C16H24BrF/c1-5-7-13(8-6-2)15(17)14-9-11(3)16(18)12(4)10-14/h9-10,13,15H,5-8H2,1-4H3. The molecule has 0 nitrogen and oxygen atoms in total. The first-order valence-electron chi connectivity index (χ1n) is 6.91. The quantitative estimate of drug-likeness (QED) is 0.557. The van der Waals surface area contributed by atoms with E-state index in [1.807, 2.05) is 26.0 Å². The molecule has 0 aliphatic rings. The van der Waals surface area contributed by atoms with Crippen LogP contribution >= 0.6 is 15.9 Å². The largest absolute Gasteiger partial charge is 0.206 e. The van der Waals surface area contributed by atoms with Crippen LogP contribution in [0.2, 0.25) is 0 Å². The van der Waals surface area contributed by atoms with Gasteiger partial charge in [-0.3, -0.25) is 0 Å². The molecule has 1 aromatic carbocycles. The molecule has 0 aliphatic carbocycles. The van der Waals surface area contributed by atoms with Gasteiger partial charge in [-0.1, -0.05) is 54.8 Å². The van der Waals surface area contributed by atoms with Crippen LogP contribution in [0.5, 0.6) is 0 Å². The molecule has 0 spiro atoms. The van der Waals surface area contributed by atoms with Crippen LogP contribution < -0.4 is 0 Å². The molecule has 0 N–H and O–H groups in total. The van der Waals surface area contributed by atoms with E-state index in [0.29, 0.717) is 10.7 Å². The Morgan fingerprint density at radius 3 is 1.89 bits per heavy atom. The van der Waals surface area contributed by atoms with E-state index in [2.05, 4.69) is 29.8 Å². The third-order valence-corrected chi connectivity index (χ3v) is 4.79. The molecule has 0 aromatic heterocycles. The maximum atomic E-state index is 13.7. The fourth-order valence-corrected chi connectivity index (χ4v) is 3.38. The van der Waals surface area contributed by atoms with Gasteiger partial charge in [-0.25, -0.2) is 4.39 Å². The van der Waals surface area contributed by atoms with Crippen molar-refractivity contribution in [3.8, 4) is 0 Å². The van der Waals surface area contributed by atoms with Crippen LogP contribution in [-0.2, 0) is 0 Å². The Kier molecular flexibility index (Phi) is 6.34. The van der Waals surface area contributed by atoms with E-state index in [1.165, 1.54) is 31.2 Å². The average Bonchev–Trinajstić information content (AvgIpc) is 2.34. The number of alkyl halides is 1. The highest BCUT2D eigenvalue weighted by molar-refractivity contribution is 9.09. The molecule has 1 atom stereocenters. The zero-order valence-electron chi connectivity index (χ0n) is 11.9. The summed E-state index contributed by atoms with van der Waals surface area (Å²) in [6, 6.07) is 3.97. The van der Waals surface area contributed by atoms with E-state index < -0.39 is 0 Å². The van der Waals surface area contributed by atoms with Crippen LogP contribution in [0.4, 0.5) is 4.39 Å². The maximum absolute atomic E-state index is 13.7. The van der Waals surface area contributed by atoms with Crippen LogP contribution in [-0.4, -0.2) is 0 Å². The van der Waals surface area contributed by atoms with Crippen molar-refractivity contribution in [2.24, 2.45) is 5.92 Å². The van der Waals surface area contributed by atoms with E-state index in [0.717, 1.165) is 11.1 Å². The van der Waals surface area contributed by atoms with Gasteiger partial charge in [0.25, 0.3) is 0 Å². The predicted octanol–water partition coefficient (Wildman–Crippen LogP) is 6.09. The van der Waals surface area contributed by atoms with Crippen molar-refractivity contribution in [2.75, 3.05) is 0 Å². The van der Waals surface area contributed by atoms with Gasteiger partial charge in [0.05, 0.1) is 0 Å². The van der Waals surface area contributed by atoms with Crippen molar-refractivity contribution in [3.63, 3.8) is 0 Å². The Hall–Kier alpha value is -0.370. The highest BCUT2D eigenvalue weighted by atomic mass is 79.9. The Labute approximate surface area is 119 Å². The molecule has 2 heteroatoms. The Morgan fingerprint density at radius 2 is 1.50 bits per heavy atom. The van der Waals surface area contributed by atoms with Gasteiger partial charge in [0.2, 0.25) is 0 Å². The van der Waals surface area contributed by atoms with Gasteiger partial charge in [-0.15, -0.1) is 0 Å². The molecular formula is C16H24BrF. The van der Waals surface area contributed by atoms with Crippen LogP contribution in [0.3, 0.4) is 0 Å². The fraction of sp³-hybridized carbons (Fsp3) is 0.625. The summed E-state index contributed by atoms with van der Waals surface area (Å²) in [5.74, 6) is 0.574. The summed E-state index contributed by atoms with van der Waals surface area (Å²) in [6.07, 6.45) is 4.84. The lowest BCUT2D eigenvalue weighted by atomic mass is 9.90. The highest BCUT2D eigenvalue weighted by Crippen LogP contribution is 2.37. The van der Waals surface area contributed by atoms with E-state index in [4.69, 9.17) is 0 Å². The summed E-state index contributed by atoms with van der Waals surface area (Å²) in [4.78, 5) is 0.343. The molecule has 18 heavy (non-hydrogen) atoms. The van der Waals surface area contributed by atoms with Crippen LogP contribution in [0.1, 0.15) is 61.0 Å². The van der Waals surface area contributed by atoms with Crippen molar-refractivity contribution in [1.29, 1.82) is 0 Å². The molecular weight excluding hydrogens is 291 g/mol. The summed E-state index contributed by atoms with van der Waals surface area (Å²) >= 11 is 3.82. The average molecular weight is 315 g/mol. The Morgan fingerprint density at radius 1 is 1.06 bits per heavy atom. The topological polar surface area (TPSA) is 0 Å². The van der Waals surface area contributed by atoms with Gasteiger partial charge in [0.1, 0.15) is 5.82 Å². The smallest absolute Gasteiger partial charge is 0.129 e. The van der Waals surface area contributed by atoms with Crippen LogP contribution in [0, 0.1) is 25.6 Å². The Balaban J connectivity index is 2.97. The molecule has 0 radical (unpaired) electrons. The first kappa shape index (κ1) is 15.7.